The van der Waals surface area contributed by atoms with E-state index < -0.39 is 6.09 Å². The highest BCUT2D eigenvalue weighted by Gasteiger charge is 2.17. The topological polar surface area (TPSA) is 55.6 Å². The largest absolute Gasteiger partial charge is 0.428 e. The van der Waals surface area contributed by atoms with Gasteiger partial charge in [0.25, 0.3) is 0 Å². The van der Waals surface area contributed by atoms with Gasteiger partial charge in [-0.3, -0.25) is 0 Å². The van der Waals surface area contributed by atoms with Crippen molar-refractivity contribution in [2.24, 2.45) is 5.90 Å². The Kier molecular flexibility index (Phi) is 1.89. The maximum absolute atomic E-state index is 10.6. The van der Waals surface area contributed by atoms with Gasteiger partial charge in [0, 0.05) is 13.1 Å². The zero-order valence-corrected chi connectivity index (χ0v) is 5.17. The number of carbonyl (C=O) groups excluding carboxylic acids is 1. The lowest BCUT2D eigenvalue weighted by Crippen LogP contribution is -2.30. The van der Waals surface area contributed by atoms with Crippen LogP contribution in [-0.2, 0) is 4.84 Å². The van der Waals surface area contributed by atoms with Crippen molar-refractivity contribution >= 4 is 6.09 Å². The van der Waals surface area contributed by atoms with E-state index in [9.17, 15) is 4.79 Å². The smallest absolute Gasteiger partial charge is 0.357 e. The third-order valence-corrected chi connectivity index (χ3v) is 1.47. The molecule has 1 aliphatic rings. The number of hydrogen-bond acceptors (Lipinski definition) is 3. The molecule has 1 aliphatic heterocycles. The summed E-state index contributed by atoms with van der Waals surface area (Å²) >= 11 is 0. The molecule has 1 rings (SSSR count). The first-order valence-electron chi connectivity index (χ1n) is 3.00. The fourth-order valence-electron chi connectivity index (χ4n) is 0.974. The summed E-state index contributed by atoms with van der Waals surface area (Å²) in [5.74, 6) is 4.66. The summed E-state index contributed by atoms with van der Waals surface area (Å²) in [5.41, 5.74) is 0. The van der Waals surface area contributed by atoms with E-state index in [4.69, 9.17) is 0 Å². The van der Waals surface area contributed by atoms with E-state index in [1.807, 2.05) is 0 Å². The quantitative estimate of drug-likeness (QED) is 0.473. The molecule has 4 heteroatoms. The number of amides is 1. The van der Waals surface area contributed by atoms with Crippen LogP contribution in [0.5, 0.6) is 0 Å². The third kappa shape index (κ3) is 1.32. The fraction of sp³-hybridized carbons (Fsp3) is 0.800. The number of likely N-dealkylation sites (tertiary alicyclic amines) is 1. The molecule has 9 heavy (non-hydrogen) atoms. The molecule has 0 radical (unpaired) electrons. The van der Waals surface area contributed by atoms with E-state index in [0.29, 0.717) is 0 Å². The first kappa shape index (κ1) is 6.35. The highest BCUT2D eigenvalue weighted by atomic mass is 16.7. The number of nitrogens with two attached hydrogens (primary N) is 1. The Morgan fingerprint density at radius 2 is 2.00 bits per heavy atom. The predicted molar refractivity (Wildman–Crippen MR) is 31.5 cm³/mol. The molecule has 0 unspecified atom stereocenters. The molecule has 1 fully saturated rings. The van der Waals surface area contributed by atoms with E-state index in [-0.39, 0.29) is 0 Å². The second-order valence-corrected chi connectivity index (χ2v) is 2.08. The van der Waals surface area contributed by atoms with Crippen molar-refractivity contribution in [2.75, 3.05) is 13.1 Å². The Hall–Kier alpha value is -0.770. The van der Waals surface area contributed by atoms with Crippen LogP contribution < -0.4 is 5.90 Å². The van der Waals surface area contributed by atoms with Crippen molar-refractivity contribution in [3.8, 4) is 0 Å². The van der Waals surface area contributed by atoms with Crippen LogP contribution in [0.2, 0.25) is 0 Å². The summed E-state index contributed by atoms with van der Waals surface area (Å²) in [7, 11) is 0. The van der Waals surface area contributed by atoms with Gasteiger partial charge in [0.1, 0.15) is 0 Å². The lowest BCUT2D eigenvalue weighted by molar-refractivity contribution is 0.111. The molecule has 52 valence electrons. The summed E-state index contributed by atoms with van der Waals surface area (Å²) < 4.78 is 0. The van der Waals surface area contributed by atoms with Crippen molar-refractivity contribution in [3.63, 3.8) is 0 Å². The Morgan fingerprint density at radius 3 is 2.44 bits per heavy atom. The first-order valence-corrected chi connectivity index (χ1v) is 3.00. The van der Waals surface area contributed by atoms with Gasteiger partial charge in [0.15, 0.2) is 0 Å². The Morgan fingerprint density at radius 1 is 1.44 bits per heavy atom. The van der Waals surface area contributed by atoms with Gasteiger partial charge < -0.3 is 9.74 Å². The maximum atomic E-state index is 10.6. The van der Waals surface area contributed by atoms with E-state index >= 15 is 0 Å². The molecular formula is C5H10N2O2. The predicted octanol–water partition coefficient (Wildman–Crippen LogP) is 0.0925. The normalized spacial score (nSPS) is 18.1. The van der Waals surface area contributed by atoms with Crippen LogP contribution in [0.25, 0.3) is 0 Å². The standard InChI is InChI=1S/C5H10N2O2/c6-9-5(8)7-3-1-2-4-7/h1-4,6H2. The van der Waals surface area contributed by atoms with Gasteiger partial charge in [0.05, 0.1) is 0 Å². The van der Waals surface area contributed by atoms with E-state index in [1.165, 1.54) is 0 Å². The van der Waals surface area contributed by atoms with Crippen molar-refractivity contribution in [1.82, 2.24) is 4.90 Å². The summed E-state index contributed by atoms with van der Waals surface area (Å²) in [6, 6.07) is 0. The zero-order valence-electron chi connectivity index (χ0n) is 5.17. The van der Waals surface area contributed by atoms with Crippen LogP contribution in [0.1, 0.15) is 12.8 Å². The molecule has 0 atom stereocenters. The Balaban J connectivity index is 2.32. The van der Waals surface area contributed by atoms with Crippen LogP contribution in [0.4, 0.5) is 4.79 Å². The van der Waals surface area contributed by atoms with Crippen LogP contribution in [0.3, 0.4) is 0 Å². The molecule has 1 heterocycles. The summed E-state index contributed by atoms with van der Waals surface area (Å²) in [4.78, 5) is 16.2. The summed E-state index contributed by atoms with van der Waals surface area (Å²) in [6.45, 7) is 1.58. The van der Waals surface area contributed by atoms with E-state index in [1.54, 1.807) is 4.90 Å². The lowest BCUT2D eigenvalue weighted by atomic mass is 10.4. The maximum Gasteiger partial charge on any atom is 0.428 e. The Bertz CT molecular complexity index is 110. The van der Waals surface area contributed by atoms with Gasteiger partial charge >= 0.3 is 6.09 Å². The minimum atomic E-state index is -0.410. The zero-order chi connectivity index (χ0) is 6.69. The molecule has 0 aromatic carbocycles. The van der Waals surface area contributed by atoms with Gasteiger partial charge in [-0.05, 0) is 12.8 Å². The molecule has 0 aromatic heterocycles. The lowest BCUT2D eigenvalue weighted by Gasteiger charge is -2.10. The number of carbonyl (C=O) groups is 1. The van der Waals surface area contributed by atoms with Crippen molar-refractivity contribution in [2.45, 2.75) is 12.8 Å². The van der Waals surface area contributed by atoms with Crippen molar-refractivity contribution in [1.29, 1.82) is 0 Å². The Labute approximate surface area is 53.5 Å². The molecule has 0 saturated carbocycles. The molecular weight excluding hydrogens is 120 g/mol. The molecule has 2 N–H and O–H groups in total. The molecule has 0 aromatic rings. The third-order valence-electron chi connectivity index (χ3n) is 1.47. The molecule has 0 aliphatic carbocycles. The summed E-state index contributed by atoms with van der Waals surface area (Å²) in [6.07, 6.45) is 1.72. The second-order valence-electron chi connectivity index (χ2n) is 2.08. The fourth-order valence-corrected chi connectivity index (χ4v) is 0.974. The minimum Gasteiger partial charge on any atom is -0.357 e. The number of nitrogens with zero attached hydrogens (tertiary/aromatic N) is 1. The SMILES string of the molecule is NOC(=O)N1CCCC1. The van der Waals surface area contributed by atoms with Gasteiger partial charge in [-0.2, -0.15) is 5.90 Å². The van der Waals surface area contributed by atoms with Gasteiger partial charge in [0.2, 0.25) is 0 Å². The van der Waals surface area contributed by atoms with Gasteiger partial charge in [-0.1, -0.05) is 0 Å². The molecule has 1 saturated heterocycles. The average molecular weight is 130 g/mol. The minimum absolute atomic E-state index is 0.410. The molecule has 4 nitrogen and oxygen atoms in total. The second kappa shape index (κ2) is 2.68. The van der Waals surface area contributed by atoms with Crippen LogP contribution in [0.15, 0.2) is 0 Å². The van der Waals surface area contributed by atoms with Gasteiger partial charge in [-0.25, -0.2) is 4.79 Å². The number of rotatable bonds is 0. The van der Waals surface area contributed by atoms with Crippen LogP contribution >= 0.6 is 0 Å². The monoisotopic (exact) mass is 130 g/mol. The number of hydrogen-bond donors (Lipinski definition) is 1. The molecule has 0 spiro atoms. The average Bonchev–Trinajstić information content (AvgIpc) is 2.37. The van der Waals surface area contributed by atoms with E-state index in [2.05, 4.69) is 10.7 Å². The van der Waals surface area contributed by atoms with Crippen molar-refractivity contribution in [3.05, 3.63) is 0 Å². The van der Waals surface area contributed by atoms with E-state index in [0.717, 1.165) is 25.9 Å². The van der Waals surface area contributed by atoms with Crippen molar-refractivity contribution < 1.29 is 9.63 Å². The highest BCUT2D eigenvalue weighted by Crippen LogP contribution is 2.07. The van der Waals surface area contributed by atoms with Gasteiger partial charge in [-0.15, -0.1) is 0 Å². The van der Waals surface area contributed by atoms with Crippen LogP contribution in [-0.4, -0.2) is 24.1 Å². The van der Waals surface area contributed by atoms with Crippen LogP contribution in [0, 0.1) is 0 Å². The molecule has 1 amide bonds. The summed E-state index contributed by atoms with van der Waals surface area (Å²) in [5, 5.41) is 0. The first-order chi connectivity index (χ1) is 4.34. The molecule has 0 bridgehead atoms. The highest BCUT2D eigenvalue weighted by molar-refractivity contribution is 5.67.